The van der Waals surface area contributed by atoms with Crippen LogP contribution in [0.3, 0.4) is 0 Å². The van der Waals surface area contributed by atoms with Gasteiger partial charge in [-0.05, 0) is 18.6 Å². The second kappa shape index (κ2) is 5.44. The lowest BCUT2D eigenvalue weighted by Gasteiger charge is -2.20. The van der Waals surface area contributed by atoms with Gasteiger partial charge in [-0.3, -0.25) is 0 Å². The van der Waals surface area contributed by atoms with Crippen LogP contribution in [-0.2, 0) is 4.74 Å². The summed E-state index contributed by atoms with van der Waals surface area (Å²) in [6.07, 6.45) is 0.903. The summed E-state index contributed by atoms with van der Waals surface area (Å²) in [5.74, 6) is -1.29. The molecule has 5 nitrogen and oxygen atoms in total. The van der Waals surface area contributed by atoms with Gasteiger partial charge in [-0.2, -0.15) is 0 Å². The molecule has 0 radical (unpaired) electrons. The monoisotopic (exact) mass is 268 g/mol. The van der Waals surface area contributed by atoms with E-state index >= 15 is 0 Å². The van der Waals surface area contributed by atoms with E-state index in [1.165, 1.54) is 6.07 Å². The molecular formula is C13H17FN2O3. The number of aromatic carboxylic acids is 1. The SMILES string of the molecule is COCC1CCN(c2cc(C(=O)O)c(N)cc2F)C1. The van der Waals surface area contributed by atoms with E-state index < -0.39 is 11.8 Å². The average molecular weight is 268 g/mol. The van der Waals surface area contributed by atoms with E-state index in [9.17, 15) is 9.18 Å². The summed E-state index contributed by atoms with van der Waals surface area (Å²) in [5.41, 5.74) is 5.68. The molecular weight excluding hydrogens is 251 g/mol. The van der Waals surface area contributed by atoms with Crippen molar-refractivity contribution in [3.05, 3.63) is 23.5 Å². The molecule has 104 valence electrons. The first-order valence-corrected chi connectivity index (χ1v) is 6.09. The van der Waals surface area contributed by atoms with Gasteiger partial charge in [-0.25, -0.2) is 9.18 Å². The van der Waals surface area contributed by atoms with Crippen molar-refractivity contribution in [2.75, 3.05) is 37.4 Å². The molecule has 1 aromatic rings. The molecule has 1 atom stereocenters. The van der Waals surface area contributed by atoms with Gasteiger partial charge in [-0.15, -0.1) is 0 Å². The first-order chi connectivity index (χ1) is 9.02. The Labute approximate surface area is 110 Å². The quantitative estimate of drug-likeness (QED) is 0.811. The Kier molecular flexibility index (Phi) is 3.90. The van der Waals surface area contributed by atoms with E-state index in [2.05, 4.69) is 0 Å². The summed E-state index contributed by atoms with van der Waals surface area (Å²) in [6.45, 7) is 1.97. The van der Waals surface area contributed by atoms with Crippen LogP contribution >= 0.6 is 0 Å². The molecule has 1 fully saturated rings. The molecule has 0 aromatic heterocycles. The fourth-order valence-electron chi connectivity index (χ4n) is 2.43. The van der Waals surface area contributed by atoms with E-state index in [1.54, 1.807) is 7.11 Å². The van der Waals surface area contributed by atoms with Gasteiger partial charge in [-0.1, -0.05) is 0 Å². The highest BCUT2D eigenvalue weighted by molar-refractivity contribution is 5.95. The van der Waals surface area contributed by atoms with Crippen molar-refractivity contribution in [2.24, 2.45) is 5.92 Å². The molecule has 1 unspecified atom stereocenters. The molecule has 0 spiro atoms. The fourth-order valence-corrected chi connectivity index (χ4v) is 2.43. The molecule has 0 bridgehead atoms. The van der Waals surface area contributed by atoms with Crippen LogP contribution in [0.2, 0.25) is 0 Å². The molecule has 2 rings (SSSR count). The van der Waals surface area contributed by atoms with Crippen LogP contribution in [0.25, 0.3) is 0 Å². The van der Waals surface area contributed by atoms with Crippen molar-refractivity contribution in [3.8, 4) is 0 Å². The maximum atomic E-state index is 13.9. The van der Waals surface area contributed by atoms with E-state index in [4.69, 9.17) is 15.6 Å². The Morgan fingerprint density at radius 3 is 3.00 bits per heavy atom. The minimum atomic E-state index is -1.15. The predicted molar refractivity (Wildman–Crippen MR) is 70.0 cm³/mol. The predicted octanol–water partition coefficient (Wildman–Crippen LogP) is 1.58. The van der Waals surface area contributed by atoms with Gasteiger partial charge < -0.3 is 20.5 Å². The summed E-state index contributed by atoms with van der Waals surface area (Å²) in [4.78, 5) is 12.9. The molecule has 1 heterocycles. The smallest absolute Gasteiger partial charge is 0.337 e. The lowest BCUT2D eigenvalue weighted by molar-refractivity contribution is 0.0698. The van der Waals surface area contributed by atoms with Crippen molar-refractivity contribution in [2.45, 2.75) is 6.42 Å². The number of nitrogens with zero attached hydrogens (tertiary/aromatic N) is 1. The Hall–Kier alpha value is -1.82. The second-order valence-corrected chi connectivity index (χ2v) is 4.75. The first-order valence-electron chi connectivity index (χ1n) is 6.09. The maximum Gasteiger partial charge on any atom is 0.337 e. The fraction of sp³-hybridized carbons (Fsp3) is 0.462. The topological polar surface area (TPSA) is 75.8 Å². The van der Waals surface area contributed by atoms with E-state index in [1.807, 2.05) is 4.90 Å². The standard InChI is InChI=1S/C13H17FN2O3/c1-19-7-8-2-3-16(6-8)12-4-9(13(17)18)11(15)5-10(12)14/h4-5,8H,2-3,6-7,15H2,1H3,(H,17,18). The number of carboxylic acids is 1. The van der Waals surface area contributed by atoms with Crippen LogP contribution < -0.4 is 10.6 Å². The number of anilines is 2. The highest BCUT2D eigenvalue weighted by Gasteiger charge is 2.26. The molecule has 3 N–H and O–H groups in total. The maximum absolute atomic E-state index is 13.9. The molecule has 1 aliphatic rings. The highest BCUT2D eigenvalue weighted by atomic mass is 19.1. The minimum Gasteiger partial charge on any atom is -0.478 e. The van der Waals surface area contributed by atoms with Crippen molar-refractivity contribution < 1.29 is 19.0 Å². The van der Waals surface area contributed by atoms with Gasteiger partial charge >= 0.3 is 5.97 Å². The normalized spacial score (nSPS) is 18.8. The molecule has 1 aromatic carbocycles. The van der Waals surface area contributed by atoms with E-state index in [0.29, 0.717) is 31.3 Å². The number of nitrogen functional groups attached to an aromatic ring is 1. The Bertz CT molecular complexity index is 493. The van der Waals surface area contributed by atoms with Crippen LogP contribution in [0.15, 0.2) is 12.1 Å². The van der Waals surface area contributed by atoms with Crippen LogP contribution in [0.1, 0.15) is 16.8 Å². The number of carboxylic acid groups (broad SMARTS) is 1. The number of halogens is 1. The van der Waals surface area contributed by atoms with Gasteiger partial charge in [0.1, 0.15) is 5.82 Å². The zero-order valence-corrected chi connectivity index (χ0v) is 10.7. The highest BCUT2D eigenvalue weighted by Crippen LogP contribution is 2.30. The van der Waals surface area contributed by atoms with Crippen LogP contribution in [0, 0.1) is 11.7 Å². The third-order valence-electron chi connectivity index (χ3n) is 3.38. The molecule has 0 amide bonds. The Morgan fingerprint density at radius 2 is 2.37 bits per heavy atom. The number of ether oxygens (including phenoxy) is 1. The number of nitrogens with two attached hydrogens (primary N) is 1. The number of benzene rings is 1. The molecule has 0 aliphatic carbocycles. The van der Waals surface area contributed by atoms with Gasteiger partial charge in [0, 0.05) is 31.8 Å². The molecule has 6 heteroatoms. The lowest BCUT2D eigenvalue weighted by Crippen LogP contribution is -2.22. The van der Waals surface area contributed by atoms with E-state index in [0.717, 1.165) is 12.5 Å². The van der Waals surface area contributed by atoms with Gasteiger partial charge in [0.2, 0.25) is 0 Å². The van der Waals surface area contributed by atoms with Crippen LogP contribution in [0.5, 0.6) is 0 Å². The average Bonchev–Trinajstić information content (AvgIpc) is 2.77. The zero-order valence-electron chi connectivity index (χ0n) is 10.7. The first kappa shape index (κ1) is 13.6. The van der Waals surface area contributed by atoms with Crippen LogP contribution in [-0.4, -0.2) is 37.9 Å². The third kappa shape index (κ3) is 2.78. The summed E-state index contributed by atoms with van der Waals surface area (Å²) < 4.78 is 19.0. The van der Waals surface area contributed by atoms with Crippen molar-refractivity contribution in [1.29, 1.82) is 0 Å². The van der Waals surface area contributed by atoms with Crippen molar-refractivity contribution in [1.82, 2.24) is 0 Å². The molecule has 1 saturated heterocycles. The van der Waals surface area contributed by atoms with Crippen LogP contribution in [0.4, 0.5) is 15.8 Å². The molecule has 0 saturated carbocycles. The second-order valence-electron chi connectivity index (χ2n) is 4.75. The summed E-state index contributed by atoms with van der Waals surface area (Å²) in [7, 11) is 1.63. The van der Waals surface area contributed by atoms with Gasteiger partial charge in [0.25, 0.3) is 0 Å². The summed E-state index contributed by atoms with van der Waals surface area (Å²) in [5, 5.41) is 9.02. The number of rotatable bonds is 4. The van der Waals surface area contributed by atoms with Gasteiger partial charge in [0.05, 0.1) is 17.9 Å². The van der Waals surface area contributed by atoms with Gasteiger partial charge in [0.15, 0.2) is 0 Å². The number of hydrogen-bond acceptors (Lipinski definition) is 4. The Morgan fingerprint density at radius 1 is 1.63 bits per heavy atom. The van der Waals surface area contributed by atoms with Crippen molar-refractivity contribution in [3.63, 3.8) is 0 Å². The Balaban J connectivity index is 2.25. The summed E-state index contributed by atoms with van der Waals surface area (Å²) >= 11 is 0. The number of carbonyl (C=O) groups is 1. The number of hydrogen-bond donors (Lipinski definition) is 2. The zero-order chi connectivity index (χ0) is 14.0. The largest absolute Gasteiger partial charge is 0.478 e. The summed E-state index contributed by atoms with van der Waals surface area (Å²) in [6, 6.07) is 2.38. The minimum absolute atomic E-state index is 0.0543. The molecule has 19 heavy (non-hydrogen) atoms. The molecule has 1 aliphatic heterocycles. The lowest BCUT2D eigenvalue weighted by atomic mass is 10.1. The van der Waals surface area contributed by atoms with E-state index in [-0.39, 0.29) is 11.3 Å². The third-order valence-corrected chi connectivity index (χ3v) is 3.38. The number of methoxy groups -OCH3 is 1. The van der Waals surface area contributed by atoms with Crippen molar-refractivity contribution >= 4 is 17.3 Å².